The molecule has 0 saturated heterocycles. The highest BCUT2D eigenvalue weighted by Gasteiger charge is 2.13. The van der Waals surface area contributed by atoms with Gasteiger partial charge in [-0.15, -0.1) is 0 Å². The third kappa shape index (κ3) is 2.71. The molecule has 0 fully saturated rings. The van der Waals surface area contributed by atoms with Crippen molar-refractivity contribution in [3.8, 4) is 28.3 Å². The summed E-state index contributed by atoms with van der Waals surface area (Å²) < 4.78 is 13.1. The van der Waals surface area contributed by atoms with E-state index in [1.807, 2.05) is 0 Å². The van der Waals surface area contributed by atoms with Crippen molar-refractivity contribution >= 4 is 17.4 Å². The van der Waals surface area contributed by atoms with Gasteiger partial charge in [0.1, 0.15) is 17.4 Å². The molecule has 3 N–H and O–H groups in total. The molecule has 1 heterocycles. The number of nitrogen functional groups attached to an aromatic ring is 1. The lowest BCUT2D eigenvalue weighted by Gasteiger charge is -2.10. The van der Waals surface area contributed by atoms with E-state index in [1.165, 1.54) is 24.4 Å². The Kier molecular flexibility index (Phi) is 3.65. The summed E-state index contributed by atoms with van der Waals surface area (Å²) in [6, 6.07) is 10.6. The van der Waals surface area contributed by atoms with Gasteiger partial charge in [0.15, 0.2) is 0 Å². The molecule has 6 heteroatoms. The van der Waals surface area contributed by atoms with Crippen molar-refractivity contribution in [2.45, 2.75) is 0 Å². The molecule has 3 rings (SSSR count). The first kappa shape index (κ1) is 14.3. The van der Waals surface area contributed by atoms with Gasteiger partial charge in [-0.1, -0.05) is 11.6 Å². The molecule has 0 unspecified atom stereocenters. The first-order valence-electron chi connectivity index (χ1n) is 6.42. The van der Waals surface area contributed by atoms with Crippen LogP contribution in [0.1, 0.15) is 0 Å². The van der Waals surface area contributed by atoms with Gasteiger partial charge < -0.3 is 10.8 Å². The third-order valence-electron chi connectivity index (χ3n) is 3.13. The van der Waals surface area contributed by atoms with Crippen molar-refractivity contribution in [1.82, 2.24) is 9.97 Å². The third-order valence-corrected chi connectivity index (χ3v) is 3.43. The van der Waals surface area contributed by atoms with Crippen molar-refractivity contribution in [1.29, 1.82) is 0 Å². The molecule has 0 aliphatic rings. The molecule has 2 aromatic carbocycles. The van der Waals surface area contributed by atoms with Crippen molar-refractivity contribution in [3.05, 3.63) is 59.5 Å². The van der Waals surface area contributed by atoms with Crippen LogP contribution in [0.4, 0.5) is 10.2 Å². The Balaban J connectivity index is 2.19. The smallest absolute Gasteiger partial charge is 0.142 e. The maximum Gasteiger partial charge on any atom is 0.142 e. The molecule has 0 spiro atoms. The molecular weight excluding hydrogens is 305 g/mol. The fourth-order valence-corrected chi connectivity index (χ4v) is 2.26. The van der Waals surface area contributed by atoms with Gasteiger partial charge in [-0.3, -0.25) is 4.98 Å². The van der Waals surface area contributed by atoms with Crippen LogP contribution < -0.4 is 5.73 Å². The van der Waals surface area contributed by atoms with Gasteiger partial charge in [-0.25, -0.2) is 9.37 Å². The van der Waals surface area contributed by atoms with E-state index in [1.54, 1.807) is 24.3 Å². The van der Waals surface area contributed by atoms with Crippen LogP contribution in [-0.2, 0) is 0 Å². The van der Waals surface area contributed by atoms with Gasteiger partial charge in [-0.05, 0) is 42.5 Å². The number of nitrogens with zero attached hydrogens (tertiary/aromatic N) is 2. The summed E-state index contributed by atoms with van der Waals surface area (Å²) in [5.74, 6) is -0.0973. The molecule has 0 aliphatic heterocycles. The fourth-order valence-electron chi connectivity index (χ4n) is 2.08. The first-order chi connectivity index (χ1) is 10.5. The lowest BCUT2D eigenvalue weighted by molar-refractivity contribution is 0.475. The Morgan fingerprint density at radius 1 is 1.00 bits per heavy atom. The summed E-state index contributed by atoms with van der Waals surface area (Å²) in [6.45, 7) is 0. The molecule has 3 aromatic rings. The lowest BCUT2D eigenvalue weighted by atomic mass is 10.0. The van der Waals surface area contributed by atoms with Crippen LogP contribution in [0.5, 0.6) is 5.75 Å². The van der Waals surface area contributed by atoms with Crippen molar-refractivity contribution in [3.63, 3.8) is 0 Å². The number of hydrogen-bond acceptors (Lipinski definition) is 4. The molecule has 0 atom stereocenters. The Morgan fingerprint density at radius 2 is 1.68 bits per heavy atom. The largest absolute Gasteiger partial charge is 0.506 e. The highest BCUT2D eigenvalue weighted by atomic mass is 35.5. The molecule has 4 nitrogen and oxygen atoms in total. The molecule has 22 heavy (non-hydrogen) atoms. The first-order valence-corrected chi connectivity index (χ1v) is 6.80. The summed E-state index contributed by atoms with van der Waals surface area (Å²) in [4.78, 5) is 8.59. The van der Waals surface area contributed by atoms with E-state index in [-0.39, 0.29) is 22.4 Å². The standard InChI is InChI=1S/C16H11ClFN3O/c17-12-7-10(3-6-13(12)22)15-16(21-14(19)8-20-15)9-1-4-11(18)5-2-9/h1-8,22H,(H2,19,21). The van der Waals surface area contributed by atoms with E-state index >= 15 is 0 Å². The van der Waals surface area contributed by atoms with E-state index in [0.717, 1.165) is 0 Å². The Labute approximate surface area is 131 Å². The number of aromatic nitrogens is 2. The second-order valence-electron chi connectivity index (χ2n) is 4.67. The van der Waals surface area contributed by atoms with Crippen LogP contribution in [0.15, 0.2) is 48.7 Å². The zero-order valence-corrected chi connectivity index (χ0v) is 12.0. The summed E-state index contributed by atoms with van der Waals surface area (Å²) in [5.41, 5.74) is 8.13. The summed E-state index contributed by atoms with van der Waals surface area (Å²) in [7, 11) is 0. The van der Waals surface area contributed by atoms with Crippen LogP contribution in [0.25, 0.3) is 22.5 Å². The van der Waals surface area contributed by atoms with Gasteiger partial charge in [0, 0.05) is 11.1 Å². The number of rotatable bonds is 2. The second kappa shape index (κ2) is 5.61. The van der Waals surface area contributed by atoms with E-state index < -0.39 is 0 Å². The number of benzene rings is 2. The molecular formula is C16H11ClFN3O. The summed E-state index contributed by atoms with van der Waals surface area (Å²) in [6.07, 6.45) is 1.43. The van der Waals surface area contributed by atoms with E-state index in [2.05, 4.69) is 9.97 Å². The van der Waals surface area contributed by atoms with Crippen molar-refractivity contribution in [2.24, 2.45) is 0 Å². The molecule has 0 saturated carbocycles. The van der Waals surface area contributed by atoms with Gasteiger partial charge >= 0.3 is 0 Å². The van der Waals surface area contributed by atoms with Gasteiger partial charge in [-0.2, -0.15) is 0 Å². The van der Waals surface area contributed by atoms with Crippen molar-refractivity contribution < 1.29 is 9.50 Å². The number of phenolic OH excluding ortho intramolecular Hbond substituents is 1. The predicted molar refractivity (Wildman–Crippen MR) is 83.9 cm³/mol. The Morgan fingerprint density at radius 3 is 2.36 bits per heavy atom. The second-order valence-corrected chi connectivity index (χ2v) is 5.07. The average molecular weight is 316 g/mol. The van der Waals surface area contributed by atoms with E-state index in [9.17, 15) is 9.50 Å². The molecule has 0 radical (unpaired) electrons. The number of aromatic hydroxyl groups is 1. The van der Waals surface area contributed by atoms with E-state index in [0.29, 0.717) is 22.5 Å². The van der Waals surface area contributed by atoms with Crippen LogP contribution in [-0.4, -0.2) is 15.1 Å². The quantitative estimate of drug-likeness (QED) is 0.752. The van der Waals surface area contributed by atoms with Crippen molar-refractivity contribution in [2.75, 3.05) is 5.73 Å². The van der Waals surface area contributed by atoms with Crippen LogP contribution >= 0.6 is 11.6 Å². The lowest BCUT2D eigenvalue weighted by Crippen LogP contribution is -1.98. The minimum Gasteiger partial charge on any atom is -0.506 e. The minimum atomic E-state index is -0.338. The SMILES string of the molecule is Nc1cnc(-c2ccc(O)c(Cl)c2)c(-c2ccc(F)cc2)n1. The highest BCUT2D eigenvalue weighted by molar-refractivity contribution is 6.32. The van der Waals surface area contributed by atoms with Gasteiger partial charge in [0.25, 0.3) is 0 Å². The number of anilines is 1. The normalized spacial score (nSPS) is 10.6. The number of halogens is 2. The summed E-state index contributed by atoms with van der Waals surface area (Å²) >= 11 is 5.94. The Bertz CT molecular complexity index is 837. The van der Waals surface area contributed by atoms with Gasteiger partial charge in [0.05, 0.1) is 22.6 Å². The average Bonchev–Trinajstić information content (AvgIpc) is 2.51. The monoisotopic (exact) mass is 315 g/mol. The topological polar surface area (TPSA) is 72.0 Å². The van der Waals surface area contributed by atoms with Gasteiger partial charge in [0.2, 0.25) is 0 Å². The zero-order valence-electron chi connectivity index (χ0n) is 11.3. The van der Waals surface area contributed by atoms with Crippen LogP contribution in [0.2, 0.25) is 5.02 Å². The minimum absolute atomic E-state index is 0.0165. The molecule has 110 valence electrons. The summed E-state index contributed by atoms with van der Waals surface area (Å²) in [5, 5.41) is 9.73. The number of phenols is 1. The van der Waals surface area contributed by atoms with Crippen LogP contribution in [0, 0.1) is 5.82 Å². The maximum absolute atomic E-state index is 13.1. The number of hydrogen-bond donors (Lipinski definition) is 2. The molecule has 0 amide bonds. The van der Waals surface area contributed by atoms with E-state index in [4.69, 9.17) is 17.3 Å². The number of nitrogens with two attached hydrogens (primary N) is 1. The zero-order chi connectivity index (χ0) is 15.7. The predicted octanol–water partition coefficient (Wildman–Crippen LogP) is 3.89. The molecule has 0 bridgehead atoms. The molecule has 1 aromatic heterocycles. The Hall–Kier alpha value is -2.66. The maximum atomic E-state index is 13.1. The fraction of sp³-hybridized carbons (Fsp3) is 0. The molecule has 0 aliphatic carbocycles. The van der Waals surface area contributed by atoms with Crippen LogP contribution in [0.3, 0.4) is 0 Å². The highest BCUT2D eigenvalue weighted by Crippen LogP contribution is 2.33.